The molecule has 2 fully saturated rings. The van der Waals surface area contributed by atoms with E-state index in [1.165, 1.54) is 44.1 Å². The lowest BCUT2D eigenvalue weighted by Crippen LogP contribution is -2.29. The van der Waals surface area contributed by atoms with Crippen molar-refractivity contribution in [3.63, 3.8) is 0 Å². The highest BCUT2D eigenvalue weighted by molar-refractivity contribution is 5.91. The lowest BCUT2D eigenvalue weighted by atomic mass is 9.64. The molecular formula is C26H27NO2. The Bertz CT molecular complexity index is 907. The van der Waals surface area contributed by atoms with Crippen LogP contribution < -0.4 is 4.74 Å². The van der Waals surface area contributed by atoms with Crippen LogP contribution in [-0.4, -0.2) is 5.97 Å². The number of benzene rings is 2. The zero-order chi connectivity index (χ0) is 20.2. The van der Waals surface area contributed by atoms with Crippen LogP contribution in [-0.2, 0) is 0 Å². The molecule has 0 spiro atoms. The molecule has 0 bridgehead atoms. The van der Waals surface area contributed by atoms with E-state index in [0.717, 1.165) is 11.8 Å². The summed E-state index contributed by atoms with van der Waals surface area (Å²) in [4.78, 5) is 12.4. The van der Waals surface area contributed by atoms with E-state index < -0.39 is 0 Å². The van der Waals surface area contributed by atoms with Gasteiger partial charge in [-0.1, -0.05) is 18.2 Å². The fourth-order valence-electron chi connectivity index (χ4n) is 5.10. The molecule has 4 rings (SSSR count). The van der Waals surface area contributed by atoms with Gasteiger partial charge in [0.2, 0.25) is 0 Å². The van der Waals surface area contributed by atoms with Gasteiger partial charge >= 0.3 is 5.97 Å². The molecule has 0 aliphatic heterocycles. The molecule has 0 heterocycles. The molecule has 0 N–H and O–H groups in total. The second-order valence-corrected chi connectivity index (χ2v) is 8.49. The minimum absolute atomic E-state index is 0.368. The van der Waals surface area contributed by atoms with Gasteiger partial charge in [0.25, 0.3) is 0 Å². The van der Waals surface area contributed by atoms with E-state index in [4.69, 9.17) is 10.00 Å². The molecule has 4 unspecified atom stereocenters. The molecule has 2 aliphatic rings. The number of rotatable bonds is 4. The summed E-state index contributed by atoms with van der Waals surface area (Å²) in [6.07, 6.45) is 9.90. The van der Waals surface area contributed by atoms with Crippen LogP contribution in [0.1, 0.15) is 65.9 Å². The molecule has 0 aromatic heterocycles. The molecule has 2 saturated carbocycles. The van der Waals surface area contributed by atoms with Gasteiger partial charge in [0.1, 0.15) is 5.75 Å². The van der Waals surface area contributed by atoms with Gasteiger partial charge in [0.15, 0.2) is 0 Å². The third-order valence-electron chi connectivity index (χ3n) is 6.80. The third-order valence-corrected chi connectivity index (χ3v) is 6.80. The smallest absolute Gasteiger partial charge is 0.343 e. The Morgan fingerprint density at radius 3 is 2.34 bits per heavy atom. The van der Waals surface area contributed by atoms with Crippen molar-refractivity contribution >= 4 is 5.97 Å². The van der Waals surface area contributed by atoms with Crippen molar-refractivity contribution in [2.75, 3.05) is 0 Å². The molecule has 29 heavy (non-hydrogen) atoms. The monoisotopic (exact) mass is 385 g/mol. The largest absolute Gasteiger partial charge is 0.423 e. The number of allylic oxidation sites excluding steroid dienone is 1. The lowest BCUT2D eigenvalue weighted by molar-refractivity contribution is 0.0734. The third kappa shape index (κ3) is 4.43. The molecule has 3 heteroatoms. The highest BCUT2D eigenvalue weighted by Gasteiger charge is 2.35. The first-order chi connectivity index (χ1) is 14.2. The Kier molecular flexibility index (Phi) is 5.81. The fourth-order valence-corrected chi connectivity index (χ4v) is 5.10. The van der Waals surface area contributed by atoms with Crippen LogP contribution in [0.25, 0.3) is 0 Å². The molecule has 3 nitrogen and oxygen atoms in total. The van der Waals surface area contributed by atoms with Crippen LogP contribution in [0, 0.1) is 29.1 Å². The van der Waals surface area contributed by atoms with E-state index in [1.54, 1.807) is 24.3 Å². The van der Waals surface area contributed by atoms with Crippen LogP contribution in [0.15, 0.2) is 61.2 Å². The highest BCUT2D eigenvalue weighted by atomic mass is 16.5. The number of carbonyl (C=O) groups excluding carboxylic acids is 1. The number of ether oxygens (including phenoxy) is 1. The van der Waals surface area contributed by atoms with E-state index >= 15 is 0 Å². The normalized spacial score (nSPS) is 26.0. The molecule has 148 valence electrons. The van der Waals surface area contributed by atoms with Crippen molar-refractivity contribution in [3.05, 3.63) is 77.9 Å². The van der Waals surface area contributed by atoms with Crippen LogP contribution in [0.4, 0.5) is 0 Å². The molecule has 2 aromatic rings. The second kappa shape index (κ2) is 8.66. The molecule has 2 aliphatic carbocycles. The maximum atomic E-state index is 12.4. The Hall–Kier alpha value is -2.86. The van der Waals surface area contributed by atoms with E-state index in [2.05, 4.69) is 30.9 Å². The standard InChI is InChI=1S/C26H27NO2/c1-2-18-3-6-24-16-23(12-11-22(24)15-18)20-7-9-21(10-8-20)26(28)29-25-13-4-19(17-27)5-14-25/h2,4-5,7-10,13-14,18,22-24H,1,3,6,11-12,15-16H2. The van der Waals surface area contributed by atoms with Crippen molar-refractivity contribution in [1.29, 1.82) is 5.26 Å². The van der Waals surface area contributed by atoms with Gasteiger partial charge in [-0.2, -0.15) is 5.26 Å². The number of carbonyl (C=O) groups is 1. The van der Waals surface area contributed by atoms with Crippen molar-refractivity contribution in [1.82, 2.24) is 0 Å². The molecule has 2 aromatic carbocycles. The minimum atomic E-state index is -0.368. The van der Waals surface area contributed by atoms with Gasteiger partial charge in [-0.15, -0.1) is 6.58 Å². The predicted molar refractivity (Wildman–Crippen MR) is 114 cm³/mol. The van der Waals surface area contributed by atoms with Gasteiger partial charge < -0.3 is 4.74 Å². The first-order valence-electron chi connectivity index (χ1n) is 10.6. The summed E-state index contributed by atoms with van der Waals surface area (Å²) >= 11 is 0. The Morgan fingerprint density at radius 2 is 1.66 bits per heavy atom. The zero-order valence-electron chi connectivity index (χ0n) is 16.7. The van der Waals surface area contributed by atoms with Gasteiger partial charge in [-0.25, -0.2) is 4.79 Å². The Morgan fingerprint density at radius 1 is 0.966 bits per heavy atom. The maximum Gasteiger partial charge on any atom is 0.343 e. The number of esters is 1. The number of hydrogen-bond acceptors (Lipinski definition) is 3. The summed E-state index contributed by atoms with van der Waals surface area (Å²) in [5.74, 6) is 3.10. The Balaban J connectivity index is 1.37. The molecule has 0 saturated heterocycles. The highest BCUT2D eigenvalue weighted by Crippen LogP contribution is 2.47. The molecular weight excluding hydrogens is 358 g/mol. The molecule has 4 atom stereocenters. The fraction of sp³-hybridized carbons (Fsp3) is 0.385. The average Bonchev–Trinajstić information content (AvgIpc) is 2.79. The first kappa shape index (κ1) is 19.5. The van der Waals surface area contributed by atoms with Crippen LogP contribution in [0.2, 0.25) is 0 Å². The van der Waals surface area contributed by atoms with Crippen molar-refractivity contribution in [2.45, 2.75) is 44.4 Å². The number of nitriles is 1. The summed E-state index contributed by atoms with van der Waals surface area (Å²) < 4.78 is 5.42. The SMILES string of the molecule is C=CC1CCC2CC(c3ccc(C(=O)Oc4ccc(C#N)cc4)cc3)CCC2C1. The van der Waals surface area contributed by atoms with Crippen molar-refractivity contribution < 1.29 is 9.53 Å². The van der Waals surface area contributed by atoms with Crippen LogP contribution >= 0.6 is 0 Å². The van der Waals surface area contributed by atoms with Gasteiger partial charge in [0.05, 0.1) is 17.2 Å². The quantitative estimate of drug-likeness (QED) is 0.354. The zero-order valence-corrected chi connectivity index (χ0v) is 16.7. The number of nitrogens with zero attached hydrogens (tertiary/aromatic N) is 1. The van der Waals surface area contributed by atoms with Crippen molar-refractivity contribution in [2.24, 2.45) is 17.8 Å². The van der Waals surface area contributed by atoms with Crippen LogP contribution in [0.5, 0.6) is 5.75 Å². The molecule has 0 amide bonds. The predicted octanol–water partition coefficient (Wildman–Crippen LogP) is 6.26. The van der Waals surface area contributed by atoms with Gasteiger partial charge in [0, 0.05) is 0 Å². The van der Waals surface area contributed by atoms with Gasteiger partial charge in [-0.05, 0) is 104 Å². The Labute approximate surface area is 173 Å². The van der Waals surface area contributed by atoms with Crippen LogP contribution in [0.3, 0.4) is 0 Å². The van der Waals surface area contributed by atoms with E-state index in [9.17, 15) is 4.79 Å². The molecule has 0 radical (unpaired) electrons. The lowest BCUT2D eigenvalue weighted by Gasteiger charge is -2.41. The summed E-state index contributed by atoms with van der Waals surface area (Å²) in [5, 5.41) is 8.85. The first-order valence-corrected chi connectivity index (χ1v) is 10.6. The maximum absolute atomic E-state index is 12.4. The average molecular weight is 386 g/mol. The van der Waals surface area contributed by atoms with E-state index in [-0.39, 0.29) is 5.97 Å². The van der Waals surface area contributed by atoms with Crippen molar-refractivity contribution in [3.8, 4) is 11.8 Å². The second-order valence-electron chi connectivity index (χ2n) is 8.49. The summed E-state index contributed by atoms with van der Waals surface area (Å²) in [6.45, 7) is 3.99. The number of fused-ring (bicyclic) bond motifs is 1. The van der Waals surface area contributed by atoms with E-state index in [1.807, 2.05) is 12.1 Å². The summed E-state index contributed by atoms with van der Waals surface area (Å²) in [5.41, 5.74) is 2.43. The number of hydrogen-bond donors (Lipinski definition) is 0. The summed E-state index contributed by atoms with van der Waals surface area (Å²) in [7, 11) is 0. The summed E-state index contributed by atoms with van der Waals surface area (Å²) in [6, 6.07) is 16.6. The van der Waals surface area contributed by atoms with E-state index in [0.29, 0.717) is 28.7 Å². The minimum Gasteiger partial charge on any atom is -0.423 e. The van der Waals surface area contributed by atoms with Gasteiger partial charge in [-0.3, -0.25) is 0 Å². The topological polar surface area (TPSA) is 50.1 Å².